The molecule has 2 N–H and O–H groups in total. The van der Waals surface area contributed by atoms with E-state index in [1.165, 1.54) is 18.2 Å². The lowest BCUT2D eigenvalue weighted by Gasteiger charge is -2.23. The second kappa shape index (κ2) is 6.55. The van der Waals surface area contributed by atoms with Gasteiger partial charge in [-0.3, -0.25) is 0 Å². The smallest absolute Gasteiger partial charge is 0.240 e. The summed E-state index contributed by atoms with van der Waals surface area (Å²) >= 11 is 5.83. The van der Waals surface area contributed by atoms with Gasteiger partial charge in [0, 0.05) is 13.2 Å². The van der Waals surface area contributed by atoms with Crippen molar-refractivity contribution in [3.05, 3.63) is 28.8 Å². The molecule has 0 heterocycles. The van der Waals surface area contributed by atoms with Gasteiger partial charge in [-0.05, 0) is 30.0 Å². The summed E-state index contributed by atoms with van der Waals surface area (Å²) in [5.74, 6) is 0. The van der Waals surface area contributed by atoms with E-state index in [2.05, 4.69) is 4.72 Å². The molecule has 1 aromatic carbocycles. The van der Waals surface area contributed by atoms with Crippen LogP contribution in [0, 0.1) is 16.7 Å². The van der Waals surface area contributed by atoms with E-state index >= 15 is 0 Å². The van der Waals surface area contributed by atoms with E-state index in [4.69, 9.17) is 22.0 Å². The molecule has 0 fully saturated rings. The van der Waals surface area contributed by atoms with Crippen LogP contribution in [-0.2, 0) is 10.0 Å². The van der Waals surface area contributed by atoms with Crippen molar-refractivity contribution in [2.24, 2.45) is 5.41 Å². The van der Waals surface area contributed by atoms with E-state index in [-0.39, 0.29) is 34.0 Å². The molecule has 110 valence electrons. The number of benzene rings is 1. The van der Waals surface area contributed by atoms with Crippen LogP contribution in [0.1, 0.15) is 25.8 Å². The number of aliphatic hydroxyl groups is 1. The van der Waals surface area contributed by atoms with Gasteiger partial charge in [0.15, 0.2) is 0 Å². The van der Waals surface area contributed by atoms with Crippen LogP contribution in [0.3, 0.4) is 0 Å². The molecule has 0 bridgehead atoms. The Morgan fingerprint density at radius 3 is 2.60 bits per heavy atom. The summed E-state index contributed by atoms with van der Waals surface area (Å²) in [5, 5.41) is 17.8. The monoisotopic (exact) mass is 316 g/mol. The van der Waals surface area contributed by atoms with Crippen LogP contribution in [0.4, 0.5) is 0 Å². The van der Waals surface area contributed by atoms with E-state index in [0.717, 1.165) is 0 Å². The maximum Gasteiger partial charge on any atom is 0.240 e. The second-order valence-electron chi connectivity index (χ2n) is 5.22. The number of nitriles is 1. The zero-order chi connectivity index (χ0) is 15.4. The summed E-state index contributed by atoms with van der Waals surface area (Å²) < 4.78 is 26.7. The summed E-state index contributed by atoms with van der Waals surface area (Å²) in [5.41, 5.74) is -0.121. The fourth-order valence-electron chi connectivity index (χ4n) is 1.52. The molecule has 0 unspecified atom stereocenters. The molecule has 1 aromatic rings. The Morgan fingerprint density at radius 2 is 2.10 bits per heavy atom. The first-order chi connectivity index (χ1) is 9.22. The number of nitrogens with zero attached hydrogens (tertiary/aromatic N) is 1. The van der Waals surface area contributed by atoms with E-state index in [0.29, 0.717) is 6.42 Å². The third-order valence-corrected chi connectivity index (χ3v) is 4.61. The van der Waals surface area contributed by atoms with Gasteiger partial charge < -0.3 is 5.11 Å². The van der Waals surface area contributed by atoms with Gasteiger partial charge in [-0.15, -0.1) is 0 Å². The quantitative estimate of drug-likeness (QED) is 0.838. The number of hydrogen-bond acceptors (Lipinski definition) is 4. The van der Waals surface area contributed by atoms with Crippen LogP contribution in [0.15, 0.2) is 23.1 Å². The number of halogens is 1. The van der Waals surface area contributed by atoms with Crippen LogP contribution in [0.25, 0.3) is 0 Å². The minimum Gasteiger partial charge on any atom is -0.396 e. The summed E-state index contributed by atoms with van der Waals surface area (Å²) in [7, 11) is -3.68. The highest BCUT2D eigenvalue weighted by Crippen LogP contribution is 2.22. The van der Waals surface area contributed by atoms with Crippen LogP contribution in [0.5, 0.6) is 0 Å². The van der Waals surface area contributed by atoms with Crippen LogP contribution >= 0.6 is 11.6 Å². The van der Waals surface area contributed by atoms with Gasteiger partial charge in [-0.25, -0.2) is 13.1 Å². The van der Waals surface area contributed by atoms with E-state index in [9.17, 15) is 8.42 Å². The molecule has 0 aliphatic rings. The predicted octanol–water partition coefficient (Wildman–Crippen LogP) is 1.90. The van der Waals surface area contributed by atoms with Gasteiger partial charge in [-0.2, -0.15) is 5.26 Å². The fraction of sp³-hybridized carbons (Fsp3) is 0.462. The summed E-state index contributed by atoms with van der Waals surface area (Å²) in [6.07, 6.45) is 0.490. The average molecular weight is 317 g/mol. The van der Waals surface area contributed by atoms with Gasteiger partial charge in [0.25, 0.3) is 0 Å². The van der Waals surface area contributed by atoms with Crippen LogP contribution in [-0.4, -0.2) is 26.7 Å². The molecule has 1 rings (SSSR count). The number of nitrogens with one attached hydrogen (secondary N) is 1. The molecule has 0 radical (unpaired) electrons. The zero-order valence-electron chi connectivity index (χ0n) is 11.4. The summed E-state index contributed by atoms with van der Waals surface area (Å²) in [6.45, 7) is 3.92. The fourth-order valence-corrected chi connectivity index (χ4v) is 3.07. The van der Waals surface area contributed by atoms with Gasteiger partial charge in [0.2, 0.25) is 10.0 Å². The lowest BCUT2D eigenvalue weighted by atomic mass is 9.90. The third-order valence-electron chi connectivity index (χ3n) is 2.90. The van der Waals surface area contributed by atoms with Gasteiger partial charge >= 0.3 is 0 Å². The first kappa shape index (κ1) is 16.9. The molecular weight excluding hydrogens is 300 g/mol. The van der Waals surface area contributed by atoms with Crippen molar-refractivity contribution < 1.29 is 13.5 Å². The highest BCUT2D eigenvalue weighted by Gasteiger charge is 2.22. The normalized spacial score (nSPS) is 12.2. The molecule has 0 atom stereocenters. The molecule has 0 aromatic heterocycles. The van der Waals surface area contributed by atoms with E-state index < -0.39 is 10.0 Å². The highest BCUT2D eigenvalue weighted by atomic mass is 35.5. The molecular formula is C13H17ClN2O3S. The Bertz CT molecular complexity index is 621. The molecule has 0 saturated carbocycles. The number of sulfonamides is 1. The van der Waals surface area contributed by atoms with Crippen LogP contribution < -0.4 is 4.72 Å². The maximum absolute atomic E-state index is 12.1. The zero-order valence-corrected chi connectivity index (χ0v) is 12.9. The Labute approximate surface area is 124 Å². The first-order valence-electron chi connectivity index (χ1n) is 6.02. The van der Waals surface area contributed by atoms with Gasteiger partial charge in [0.05, 0.1) is 15.5 Å². The van der Waals surface area contributed by atoms with Crippen molar-refractivity contribution >= 4 is 21.6 Å². The molecule has 0 spiro atoms. The van der Waals surface area contributed by atoms with Gasteiger partial charge in [0.1, 0.15) is 6.07 Å². The topological polar surface area (TPSA) is 90.2 Å². The largest absolute Gasteiger partial charge is 0.396 e. The lowest BCUT2D eigenvalue weighted by molar-refractivity contribution is 0.213. The Kier molecular flexibility index (Phi) is 5.54. The van der Waals surface area contributed by atoms with Gasteiger partial charge in [-0.1, -0.05) is 25.4 Å². The molecule has 5 nitrogen and oxygen atoms in total. The number of aliphatic hydroxyl groups excluding tert-OH is 1. The standard InChI is InChI=1S/C13H17ClN2O3S/c1-13(2,5-6-17)9-16-20(18,19)11-4-3-10(8-15)12(14)7-11/h3-4,7,16-17H,5-6,9H2,1-2H3. The van der Waals surface area contributed by atoms with E-state index in [1.54, 1.807) is 0 Å². The SMILES string of the molecule is CC(C)(CCO)CNS(=O)(=O)c1ccc(C#N)c(Cl)c1. The summed E-state index contributed by atoms with van der Waals surface area (Å²) in [6, 6.07) is 5.83. The minimum atomic E-state index is -3.68. The highest BCUT2D eigenvalue weighted by molar-refractivity contribution is 7.89. The number of hydrogen-bond donors (Lipinski definition) is 2. The summed E-state index contributed by atoms with van der Waals surface area (Å²) in [4.78, 5) is 0.0151. The third kappa shape index (κ3) is 4.46. The molecule has 0 amide bonds. The molecule has 0 aliphatic heterocycles. The van der Waals surface area contributed by atoms with Crippen molar-refractivity contribution in [3.63, 3.8) is 0 Å². The Hall–Kier alpha value is -1.13. The molecule has 0 aliphatic carbocycles. The molecule has 0 saturated heterocycles. The molecule has 7 heteroatoms. The number of rotatable bonds is 6. The van der Waals surface area contributed by atoms with Crippen molar-refractivity contribution in [1.82, 2.24) is 4.72 Å². The van der Waals surface area contributed by atoms with Crippen molar-refractivity contribution in [3.8, 4) is 6.07 Å². The van der Waals surface area contributed by atoms with E-state index in [1.807, 2.05) is 19.9 Å². The molecule has 20 heavy (non-hydrogen) atoms. The first-order valence-corrected chi connectivity index (χ1v) is 7.88. The van der Waals surface area contributed by atoms with Crippen molar-refractivity contribution in [2.75, 3.05) is 13.2 Å². The Morgan fingerprint density at radius 1 is 1.45 bits per heavy atom. The minimum absolute atomic E-state index is 0.00256. The van der Waals surface area contributed by atoms with Crippen molar-refractivity contribution in [1.29, 1.82) is 5.26 Å². The maximum atomic E-state index is 12.1. The average Bonchev–Trinajstić information content (AvgIpc) is 2.36. The Balaban J connectivity index is 2.90. The van der Waals surface area contributed by atoms with Crippen molar-refractivity contribution in [2.45, 2.75) is 25.2 Å². The lowest BCUT2D eigenvalue weighted by Crippen LogP contribution is -2.34. The second-order valence-corrected chi connectivity index (χ2v) is 7.39. The van der Waals surface area contributed by atoms with Crippen LogP contribution in [0.2, 0.25) is 5.02 Å². The predicted molar refractivity (Wildman–Crippen MR) is 76.8 cm³/mol.